The molecule has 1 aliphatic rings. The van der Waals surface area contributed by atoms with E-state index in [-0.39, 0.29) is 12.0 Å². The number of rotatable bonds is 6. The highest BCUT2D eigenvalue weighted by atomic mass is 32.2. The van der Waals surface area contributed by atoms with E-state index in [1.165, 1.54) is 5.56 Å². The number of hydrogen-bond acceptors (Lipinski definition) is 4. The van der Waals surface area contributed by atoms with Crippen molar-refractivity contribution in [2.45, 2.75) is 12.5 Å². The van der Waals surface area contributed by atoms with Crippen molar-refractivity contribution in [3.05, 3.63) is 35.9 Å². The number of ether oxygens (including phenoxy) is 1. The van der Waals surface area contributed by atoms with Crippen LogP contribution in [0.3, 0.4) is 0 Å². The first kappa shape index (κ1) is 14.5. The molecule has 4 nitrogen and oxygen atoms in total. The van der Waals surface area contributed by atoms with Crippen molar-refractivity contribution in [3.8, 4) is 0 Å². The Bertz CT molecular complexity index is 487. The Balaban J connectivity index is 1.91. The Hall–Kier alpha value is -0.910. The van der Waals surface area contributed by atoms with Crippen LogP contribution in [0.2, 0.25) is 0 Å². The van der Waals surface area contributed by atoms with E-state index in [1.54, 1.807) is 7.11 Å². The molecule has 0 bridgehead atoms. The third-order valence-electron chi connectivity index (χ3n) is 3.51. The van der Waals surface area contributed by atoms with Crippen LogP contribution in [-0.4, -0.2) is 40.2 Å². The largest absolute Gasteiger partial charge is 0.383 e. The van der Waals surface area contributed by atoms with Crippen molar-refractivity contribution >= 4 is 9.84 Å². The number of benzene rings is 1. The highest BCUT2D eigenvalue weighted by Gasteiger charge is 2.28. The van der Waals surface area contributed by atoms with E-state index in [0.29, 0.717) is 18.1 Å². The zero-order valence-electron chi connectivity index (χ0n) is 11.2. The Labute approximate surface area is 115 Å². The number of hydrogen-bond donors (Lipinski definition) is 1. The molecule has 1 aliphatic heterocycles. The van der Waals surface area contributed by atoms with Crippen molar-refractivity contribution < 1.29 is 13.2 Å². The summed E-state index contributed by atoms with van der Waals surface area (Å²) < 4.78 is 28.1. The lowest BCUT2D eigenvalue weighted by molar-refractivity contribution is 0.165. The molecule has 1 heterocycles. The molecule has 19 heavy (non-hydrogen) atoms. The Morgan fingerprint density at radius 3 is 2.68 bits per heavy atom. The number of methoxy groups -OCH3 is 1. The summed E-state index contributed by atoms with van der Waals surface area (Å²) in [5.41, 5.74) is 1.17. The lowest BCUT2D eigenvalue weighted by Crippen LogP contribution is -2.30. The normalized spacial score (nSPS) is 23.3. The molecule has 2 unspecified atom stereocenters. The molecule has 0 saturated carbocycles. The third-order valence-corrected chi connectivity index (χ3v) is 5.35. The van der Waals surface area contributed by atoms with Crippen LogP contribution < -0.4 is 5.32 Å². The zero-order valence-corrected chi connectivity index (χ0v) is 12.0. The predicted octanol–water partition coefficient (Wildman–Crippen LogP) is 1.40. The minimum atomic E-state index is -2.79. The van der Waals surface area contributed by atoms with Crippen molar-refractivity contribution in [2.24, 2.45) is 5.92 Å². The number of sulfone groups is 1. The fourth-order valence-corrected chi connectivity index (χ4v) is 4.33. The van der Waals surface area contributed by atoms with Crippen LogP contribution >= 0.6 is 0 Å². The summed E-state index contributed by atoms with van der Waals surface area (Å²) in [5, 5.41) is 3.43. The van der Waals surface area contributed by atoms with E-state index in [1.807, 2.05) is 18.2 Å². The van der Waals surface area contributed by atoms with Crippen LogP contribution in [0.5, 0.6) is 0 Å². The van der Waals surface area contributed by atoms with Crippen LogP contribution in [0.15, 0.2) is 30.3 Å². The van der Waals surface area contributed by atoms with Gasteiger partial charge in [-0.05, 0) is 24.4 Å². The highest BCUT2D eigenvalue weighted by Crippen LogP contribution is 2.19. The smallest absolute Gasteiger partial charge is 0.150 e. The monoisotopic (exact) mass is 283 g/mol. The van der Waals surface area contributed by atoms with Crippen LogP contribution in [0.1, 0.15) is 18.0 Å². The Morgan fingerprint density at radius 2 is 2.11 bits per heavy atom. The number of nitrogens with one attached hydrogen (secondary N) is 1. The molecule has 1 saturated heterocycles. The second-order valence-corrected chi connectivity index (χ2v) is 7.32. The molecule has 1 fully saturated rings. The maximum Gasteiger partial charge on any atom is 0.150 e. The zero-order chi connectivity index (χ0) is 13.7. The van der Waals surface area contributed by atoms with Crippen molar-refractivity contribution in [2.75, 3.05) is 31.8 Å². The molecule has 0 spiro atoms. The first-order valence-corrected chi connectivity index (χ1v) is 8.40. The second kappa shape index (κ2) is 6.50. The summed E-state index contributed by atoms with van der Waals surface area (Å²) in [6, 6.07) is 10.2. The van der Waals surface area contributed by atoms with E-state index in [9.17, 15) is 8.42 Å². The molecule has 1 aromatic rings. The van der Waals surface area contributed by atoms with E-state index in [0.717, 1.165) is 13.0 Å². The van der Waals surface area contributed by atoms with E-state index < -0.39 is 9.84 Å². The van der Waals surface area contributed by atoms with Crippen LogP contribution in [-0.2, 0) is 14.6 Å². The molecule has 0 aromatic heterocycles. The van der Waals surface area contributed by atoms with Crippen molar-refractivity contribution in [1.29, 1.82) is 0 Å². The summed E-state index contributed by atoms with van der Waals surface area (Å²) in [6.45, 7) is 1.31. The molecule has 5 heteroatoms. The summed E-state index contributed by atoms with van der Waals surface area (Å²) in [4.78, 5) is 0. The van der Waals surface area contributed by atoms with Gasteiger partial charge in [0.25, 0.3) is 0 Å². The lowest BCUT2D eigenvalue weighted by Gasteiger charge is -2.20. The molecule has 2 rings (SSSR count). The topological polar surface area (TPSA) is 55.4 Å². The molecule has 0 amide bonds. The lowest BCUT2D eigenvalue weighted by atomic mass is 10.1. The maximum atomic E-state index is 11.4. The van der Waals surface area contributed by atoms with Gasteiger partial charge < -0.3 is 10.1 Å². The van der Waals surface area contributed by atoms with Gasteiger partial charge in [-0.2, -0.15) is 0 Å². The minimum Gasteiger partial charge on any atom is -0.383 e. The summed E-state index contributed by atoms with van der Waals surface area (Å²) in [5.74, 6) is 0.877. The molecular weight excluding hydrogens is 262 g/mol. The molecular formula is C14H21NO3S. The molecule has 2 atom stereocenters. The van der Waals surface area contributed by atoms with Gasteiger partial charge in [-0.1, -0.05) is 30.3 Å². The summed E-state index contributed by atoms with van der Waals surface area (Å²) >= 11 is 0. The van der Waals surface area contributed by atoms with Gasteiger partial charge in [-0.3, -0.25) is 0 Å². The molecule has 106 valence electrons. The average Bonchev–Trinajstić information content (AvgIpc) is 2.75. The van der Waals surface area contributed by atoms with E-state index >= 15 is 0 Å². The highest BCUT2D eigenvalue weighted by molar-refractivity contribution is 7.91. The summed E-state index contributed by atoms with van der Waals surface area (Å²) in [7, 11) is -1.11. The fraction of sp³-hybridized carbons (Fsp3) is 0.571. The first-order valence-electron chi connectivity index (χ1n) is 6.58. The predicted molar refractivity (Wildman–Crippen MR) is 75.8 cm³/mol. The van der Waals surface area contributed by atoms with Gasteiger partial charge >= 0.3 is 0 Å². The van der Waals surface area contributed by atoms with Gasteiger partial charge in [0.1, 0.15) is 0 Å². The van der Waals surface area contributed by atoms with Gasteiger partial charge in [0.15, 0.2) is 9.84 Å². The quantitative estimate of drug-likeness (QED) is 0.857. The molecule has 0 aliphatic carbocycles. The van der Waals surface area contributed by atoms with Gasteiger partial charge in [0.2, 0.25) is 0 Å². The van der Waals surface area contributed by atoms with Gasteiger partial charge in [0, 0.05) is 7.11 Å². The Morgan fingerprint density at radius 1 is 1.37 bits per heavy atom. The molecule has 1 N–H and O–H groups in total. The fourth-order valence-electron chi connectivity index (χ4n) is 2.47. The third kappa shape index (κ3) is 4.30. The first-order chi connectivity index (χ1) is 9.11. The SMILES string of the molecule is COCC(NCC1CCS(=O)(=O)C1)c1ccccc1. The molecule has 1 aromatic carbocycles. The van der Waals surface area contributed by atoms with Crippen LogP contribution in [0.4, 0.5) is 0 Å². The standard InChI is InChI=1S/C14H21NO3S/c1-18-10-14(13-5-3-2-4-6-13)15-9-12-7-8-19(16,17)11-12/h2-6,12,14-15H,7-11H2,1H3. The van der Waals surface area contributed by atoms with Crippen LogP contribution in [0, 0.1) is 5.92 Å². The van der Waals surface area contributed by atoms with Crippen molar-refractivity contribution in [3.63, 3.8) is 0 Å². The van der Waals surface area contributed by atoms with E-state index in [2.05, 4.69) is 17.4 Å². The molecule has 0 radical (unpaired) electrons. The van der Waals surface area contributed by atoms with Crippen LogP contribution in [0.25, 0.3) is 0 Å². The Kier molecular flexibility index (Phi) is 4.96. The minimum absolute atomic E-state index is 0.120. The van der Waals surface area contributed by atoms with Gasteiger partial charge in [-0.25, -0.2) is 8.42 Å². The summed E-state index contributed by atoms with van der Waals surface area (Å²) in [6.07, 6.45) is 0.768. The van der Waals surface area contributed by atoms with Gasteiger partial charge in [-0.15, -0.1) is 0 Å². The average molecular weight is 283 g/mol. The van der Waals surface area contributed by atoms with Crippen molar-refractivity contribution in [1.82, 2.24) is 5.32 Å². The van der Waals surface area contributed by atoms with Gasteiger partial charge in [0.05, 0.1) is 24.2 Å². The second-order valence-electron chi connectivity index (χ2n) is 5.10. The van der Waals surface area contributed by atoms with E-state index in [4.69, 9.17) is 4.74 Å². The maximum absolute atomic E-state index is 11.4.